The SMILES string of the molecule is O=C(C1CCCO1)N1CCn2cccc2C1. The summed E-state index contributed by atoms with van der Waals surface area (Å²) in [5.41, 5.74) is 1.22. The van der Waals surface area contributed by atoms with Crippen LogP contribution in [-0.4, -0.2) is 34.6 Å². The summed E-state index contributed by atoms with van der Waals surface area (Å²) in [5.74, 6) is 0.171. The maximum Gasteiger partial charge on any atom is 0.252 e. The Morgan fingerprint density at radius 3 is 3.19 bits per heavy atom. The lowest BCUT2D eigenvalue weighted by Gasteiger charge is -2.30. The Kier molecular flexibility index (Phi) is 2.44. The number of hydrogen-bond acceptors (Lipinski definition) is 2. The minimum atomic E-state index is -0.179. The minimum Gasteiger partial charge on any atom is -0.368 e. The number of carbonyl (C=O) groups is 1. The van der Waals surface area contributed by atoms with Crippen molar-refractivity contribution in [3.8, 4) is 0 Å². The highest BCUT2D eigenvalue weighted by Gasteiger charge is 2.29. The molecule has 3 heterocycles. The minimum absolute atomic E-state index is 0.171. The van der Waals surface area contributed by atoms with E-state index in [9.17, 15) is 4.79 Å². The third-order valence-electron chi connectivity index (χ3n) is 3.40. The number of ether oxygens (including phenoxy) is 1. The lowest BCUT2D eigenvalue weighted by Crippen LogP contribution is -2.43. The third-order valence-corrected chi connectivity index (χ3v) is 3.40. The van der Waals surface area contributed by atoms with Crippen molar-refractivity contribution in [2.45, 2.75) is 32.0 Å². The number of aromatic nitrogens is 1. The number of hydrogen-bond donors (Lipinski definition) is 0. The molecule has 0 saturated carbocycles. The van der Waals surface area contributed by atoms with Crippen LogP contribution in [0.4, 0.5) is 0 Å². The van der Waals surface area contributed by atoms with Crippen LogP contribution in [0.25, 0.3) is 0 Å². The van der Waals surface area contributed by atoms with Gasteiger partial charge in [0, 0.05) is 31.6 Å². The van der Waals surface area contributed by atoms with Gasteiger partial charge in [-0.25, -0.2) is 0 Å². The van der Waals surface area contributed by atoms with E-state index in [0.717, 1.165) is 39.1 Å². The Morgan fingerprint density at radius 2 is 2.38 bits per heavy atom. The molecule has 0 N–H and O–H groups in total. The molecule has 4 nitrogen and oxygen atoms in total. The fourth-order valence-corrected chi connectivity index (χ4v) is 2.48. The van der Waals surface area contributed by atoms with E-state index in [0.29, 0.717) is 0 Å². The molecular formula is C12H16N2O2. The number of amides is 1. The van der Waals surface area contributed by atoms with Gasteiger partial charge in [-0.2, -0.15) is 0 Å². The standard InChI is InChI=1S/C12H16N2O2/c15-12(11-4-2-8-16-11)14-7-6-13-5-1-3-10(13)9-14/h1,3,5,11H,2,4,6-9H2. The maximum absolute atomic E-state index is 12.1. The second-order valence-corrected chi connectivity index (χ2v) is 4.45. The molecule has 16 heavy (non-hydrogen) atoms. The summed E-state index contributed by atoms with van der Waals surface area (Å²) in [7, 11) is 0. The van der Waals surface area contributed by atoms with Crippen LogP contribution in [0.3, 0.4) is 0 Å². The summed E-state index contributed by atoms with van der Waals surface area (Å²) in [6.07, 6.45) is 3.79. The molecule has 0 bridgehead atoms. The number of fused-ring (bicyclic) bond motifs is 1. The molecule has 2 aliphatic rings. The third kappa shape index (κ3) is 1.63. The van der Waals surface area contributed by atoms with Crippen LogP contribution in [0.2, 0.25) is 0 Å². The van der Waals surface area contributed by atoms with Gasteiger partial charge in [0.15, 0.2) is 0 Å². The first kappa shape index (κ1) is 9.90. The van der Waals surface area contributed by atoms with E-state index < -0.39 is 0 Å². The van der Waals surface area contributed by atoms with E-state index in [1.165, 1.54) is 5.69 Å². The fourth-order valence-electron chi connectivity index (χ4n) is 2.48. The molecule has 1 aromatic rings. The van der Waals surface area contributed by atoms with Crippen LogP contribution in [0, 0.1) is 0 Å². The second kappa shape index (κ2) is 3.94. The lowest BCUT2D eigenvalue weighted by atomic mass is 10.2. The van der Waals surface area contributed by atoms with Gasteiger partial charge in [0.25, 0.3) is 5.91 Å². The first-order valence-corrected chi connectivity index (χ1v) is 5.89. The molecule has 2 aliphatic heterocycles. The highest BCUT2D eigenvalue weighted by molar-refractivity contribution is 5.81. The highest BCUT2D eigenvalue weighted by atomic mass is 16.5. The number of nitrogens with zero attached hydrogens (tertiary/aromatic N) is 2. The van der Waals surface area contributed by atoms with Crippen molar-refractivity contribution in [1.82, 2.24) is 9.47 Å². The van der Waals surface area contributed by atoms with Gasteiger partial charge in [-0.05, 0) is 25.0 Å². The molecule has 1 atom stereocenters. The quantitative estimate of drug-likeness (QED) is 0.708. The van der Waals surface area contributed by atoms with Crippen molar-refractivity contribution >= 4 is 5.91 Å². The molecule has 1 fully saturated rings. The Morgan fingerprint density at radius 1 is 1.44 bits per heavy atom. The molecular weight excluding hydrogens is 204 g/mol. The van der Waals surface area contributed by atoms with E-state index in [4.69, 9.17) is 4.74 Å². The number of rotatable bonds is 1. The van der Waals surface area contributed by atoms with Gasteiger partial charge in [-0.15, -0.1) is 0 Å². The van der Waals surface area contributed by atoms with Gasteiger partial charge in [0.05, 0.1) is 6.54 Å². The molecule has 0 aliphatic carbocycles. The molecule has 0 aromatic carbocycles. The Balaban J connectivity index is 1.71. The molecule has 1 saturated heterocycles. The summed E-state index contributed by atoms with van der Waals surface area (Å²) >= 11 is 0. The highest BCUT2D eigenvalue weighted by Crippen LogP contribution is 2.19. The molecule has 86 valence electrons. The van der Waals surface area contributed by atoms with Gasteiger partial charge >= 0.3 is 0 Å². The zero-order valence-electron chi connectivity index (χ0n) is 9.26. The average molecular weight is 220 g/mol. The first-order chi connectivity index (χ1) is 7.84. The molecule has 0 spiro atoms. The van der Waals surface area contributed by atoms with Crippen LogP contribution < -0.4 is 0 Å². The van der Waals surface area contributed by atoms with Gasteiger partial charge < -0.3 is 14.2 Å². The van der Waals surface area contributed by atoms with Gasteiger partial charge in [0.2, 0.25) is 0 Å². The van der Waals surface area contributed by atoms with E-state index in [2.05, 4.69) is 16.8 Å². The van der Waals surface area contributed by atoms with E-state index in [-0.39, 0.29) is 12.0 Å². The largest absolute Gasteiger partial charge is 0.368 e. The Labute approximate surface area is 94.8 Å². The van der Waals surface area contributed by atoms with Gasteiger partial charge in [-0.3, -0.25) is 4.79 Å². The van der Waals surface area contributed by atoms with Crippen molar-refractivity contribution in [2.75, 3.05) is 13.2 Å². The Bertz CT molecular complexity index is 393. The summed E-state index contributed by atoms with van der Waals surface area (Å²) in [6, 6.07) is 4.12. The zero-order chi connectivity index (χ0) is 11.0. The average Bonchev–Trinajstić information content (AvgIpc) is 2.98. The van der Waals surface area contributed by atoms with Gasteiger partial charge in [0.1, 0.15) is 6.10 Å². The second-order valence-electron chi connectivity index (χ2n) is 4.45. The smallest absolute Gasteiger partial charge is 0.252 e. The Hall–Kier alpha value is -1.29. The molecule has 1 aromatic heterocycles. The van der Waals surface area contributed by atoms with Crippen molar-refractivity contribution < 1.29 is 9.53 Å². The van der Waals surface area contributed by atoms with Crippen LogP contribution >= 0.6 is 0 Å². The first-order valence-electron chi connectivity index (χ1n) is 5.89. The monoisotopic (exact) mass is 220 g/mol. The predicted octanol–water partition coefficient (Wildman–Crippen LogP) is 1.01. The van der Waals surface area contributed by atoms with Crippen molar-refractivity contribution in [3.05, 3.63) is 24.0 Å². The van der Waals surface area contributed by atoms with Crippen molar-refractivity contribution in [2.24, 2.45) is 0 Å². The lowest BCUT2D eigenvalue weighted by molar-refractivity contribution is -0.142. The molecule has 1 amide bonds. The van der Waals surface area contributed by atoms with Crippen molar-refractivity contribution in [3.63, 3.8) is 0 Å². The van der Waals surface area contributed by atoms with Crippen molar-refractivity contribution in [1.29, 1.82) is 0 Å². The normalized spacial score (nSPS) is 24.5. The zero-order valence-corrected chi connectivity index (χ0v) is 9.26. The van der Waals surface area contributed by atoms with Crippen LogP contribution in [0.5, 0.6) is 0 Å². The maximum atomic E-state index is 12.1. The van der Waals surface area contributed by atoms with Gasteiger partial charge in [-0.1, -0.05) is 0 Å². The fraction of sp³-hybridized carbons (Fsp3) is 0.583. The number of carbonyl (C=O) groups excluding carboxylic acids is 1. The molecule has 3 rings (SSSR count). The molecule has 1 unspecified atom stereocenters. The van der Waals surface area contributed by atoms with E-state index >= 15 is 0 Å². The van der Waals surface area contributed by atoms with Crippen LogP contribution in [0.1, 0.15) is 18.5 Å². The summed E-state index contributed by atoms with van der Waals surface area (Å²) in [5, 5.41) is 0. The topological polar surface area (TPSA) is 34.5 Å². The predicted molar refractivity (Wildman–Crippen MR) is 58.8 cm³/mol. The van der Waals surface area contributed by atoms with Crippen LogP contribution in [-0.2, 0) is 22.6 Å². The summed E-state index contributed by atoms with van der Waals surface area (Å²) in [6.45, 7) is 3.17. The summed E-state index contributed by atoms with van der Waals surface area (Å²) < 4.78 is 7.65. The van der Waals surface area contributed by atoms with E-state index in [1.807, 2.05) is 11.0 Å². The van der Waals surface area contributed by atoms with Crippen LogP contribution in [0.15, 0.2) is 18.3 Å². The van der Waals surface area contributed by atoms with E-state index in [1.54, 1.807) is 0 Å². The molecule has 4 heteroatoms. The summed E-state index contributed by atoms with van der Waals surface area (Å²) in [4.78, 5) is 14.0. The molecule has 0 radical (unpaired) electrons.